The number of aromatic nitrogens is 4. The lowest BCUT2D eigenvalue weighted by molar-refractivity contribution is -0.138. The van der Waals surface area contributed by atoms with Crippen molar-refractivity contribution < 1.29 is 18.0 Å². The van der Waals surface area contributed by atoms with Crippen LogP contribution in [0.1, 0.15) is 38.2 Å². The Hall–Kier alpha value is -4.77. The average Bonchev–Trinajstić information content (AvgIpc) is 3.48. The normalized spacial score (nSPS) is 14.1. The van der Waals surface area contributed by atoms with Gasteiger partial charge < -0.3 is 20.4 Å². The fraction of sp³-hybridized carbons (Fsp3) is 0.353. The van der Waals surface area contributed by atoms with Gasteiger partial charge in [-0.2, -0.15) is 18.3 Å². The van der Waals surface area contributed by atoms with Crippen molar-refractivity contribution in [1.29, 1.82) is 0 Å². The highest BCUT2D eigenvalue weighted by Gasteiger charge is 2.34. The third kappa shape index (κ3) is 9.38. The highest BCUT2D eigenvalue weighted by Crippen LogP contribution is 2.35. The van der Waals surface area contributed by atoms with Crippen LogP contribution in [0, 0.1) is 18.8 Å². The summed E-state index contributed by atoms with van der Waals surface area (Å²) in [5.41, 5.74) is 2.57. The SMILES string of the molecule is Cc1ccc(C(=O)Nc2ccc(CN3CCN(C)CC3)c(C(F)(F)F)c2)cc1C#Cc1cnc(Nc2cnn(CCN(C)C)c2)nc1. The lowest BCUT2D eigenvalue weighted by atomic mass is 10.0. The average molecular weight is 646 g/mol. The molecule has 1 amide bonds. The van der Waals surface area contributed by atoms with E-state index in [1.54, 1.807) is 36.8 Å². The number of hydrogen-bond donors (Lipinski definition) is 2. The molecule has 0 atom stereocenters. The molecule has 246 valence electrons. The molecule has 10 nitrogen and oxygen atoms in total. The predicted molar refractivity (Wildman–Crippen MR) is 175 cm³/mol. The second-order valence-corrected chi connectivity index (χ2v) is 11.9. The molecule has 4 aromatic rings. The minimum Gasteiger partial charge on any atom is -0.322 e. The van der Waals surface area contributed by atoms with Crippen LogP contribution in [0.2, 0.25) is 0 Å². The maximum absolute atomic E-state index is 14.0. The molecule has 0 bridgehead atoms. The molecule has 1 saturated heterocycles. The number of hydrogen-bond acceptors (Lipinski definition) is 8. The van der Waals surface area contributed by atoms with Crippen LogP contribution in [-0.2, 0) is 19.3 Å². The van der Waals surface area contributed by atoms with Crippen LogP contribution < -0.4 is 10.6 Å². The molecule has 47 heavy (non-hydrogen) atoms. The van der Waals surface area contributed by atoms with Crippen molar-refractivity contribution in [1.82, 2.24) is 34.4 Å². The quantitative estimate of drug-likeness (QED) is 0.253. The number of nitrogens with one attached hydrogen (secondary N) is 2. The first-order chi connectivity index (χ1) is 22.4. The Morgan fingerprint density at radius 1 is 0.979 bits per heavy atom. The van der Waals surface area contributed by atoms with Gasteiger partial charge in [0.15, 0.2) is 0 Å². The van der Waals surface area contributed by atoms with E-state index in [4.69, 9.17) is 0 Å². The number of halogens is 3. The van der Waals surface area contributed by atoms with Crippen molar-refractivity contribution in [2.75, 3.05) is 64.5 Å². The Morgan fingerprint density at radius 3 is 2.43 bits per heavy atom. The first-order valence-electron chi connectivity index (χ1n) is 15.2. The first-order valence-corrected chi connectivity index (χ1v) is 15.2. The number of amides is 1. The highest BCUT2D eigenvalue weighted by atomic mass is 19.4. The van der Waals surface area contributed by atoms with E-state index in [9.17, 15) is 18.0 Å². The molecule has 0 aliphatic carbocycles. The van der Waals surface area contributed by atoms with Crippen molar-refractivity contribution >= 4 is 23.2 Å². The lowest BCUT2D eigenvalue weighted by Crippen LogP contribution is -2.44. The molecule has 0 unspecified atom stereocenters. The van der Waals surface area contributed by atoms with E-state index in [1.165, 1.54) is 12.1 Å². The third-order valence-corrected chi connectivity index (χ3v) is 7.82. The molecule has 2 N–H and O–H groups in total. The van der Waals surface area contributed by atoms with Crippen LogP contribution in [0.3, 0.4) is 0 Å². The number of aryl methyl sites for hydroxylation is 1. The number of benzene rings is 2. The number of anilines is 3. The molecule has 2 aromatic heterocycles. The van der Waals surface area contributed by atoms with Gasteiger partial charge in [0.05, 0.1) is 29.6 Å². The Balaban J connectivity index is 1.24. The second-order valence-electron chi connectivity index (χ2n) is 11.9. The maximum Gasteiger partial charge on any atom is 0.416 e. The van der Waals surface area contributed by atoms with Crippen molar-refractivity contribution in [3.05, 3.63) is 94.6 Å². The summed E-state index contributed by atoms with van der Waals surface area (Å²) < 4.78 is 43.9. The van der Waals surface area contributed by atoms with E-state index >= 15 is 0 Å². The molecular formula is C34H38F3N9O. The van der Waals surface area contributed by atoms with Gasteiger partial charge in [-0.25, -0.2) is 9.97 Å². The molecular weight excluding hydrogens is 607 g/mol. The van der Waals surface area contributed by atoms with Crippen LogP contribution in [0.4, 0.5) is 30.5 Å². The van der Waals surface area contributed by atoms with Crippen molar-refractivity contribution in [3.8, 4) is 11.8 Å². The molecule has 13 heteroatoms. The van der Waals surface area contributed by atoms with Crippen LogP contribution in [0.5, 0.6) is 0 Å². The van der Waals surface area contributed by atoms with Gasteiger partial charge in [-0.15, -0.1) is 0 Å². The van der Waals surface area contributed by atoms with E-state index < -0.39 is 17.6 Å². The van der Waals surface area contributed by atoms with Gasteiger partial charge in [0, 0.05) is 74.7 Å². The van der Waals surface area contributed by atoms with Crippen molar-refractivity contribution in [2.45, 2.75) is 26.2 Å². The summed E-state index contributed by atoms with van der Waals surface area (Å²) in [6.45, 7) is 6.70. The van der Waals surface area contributed by atoms with Gasteiger partial charge in [-0.1, -0.05) is 24.0 Å². The number of carbonyl (C=O) groups excluding carboxylic acids is 1. The lowest BCUT2D eigenvalue weighted by Gasteiger charge is -2.33. The van der Waals surface area contributed by atoms with Gasteiger partial charge in [0.25, 0.3) is 5.91 Å². The summed E-state index contributed by atoms with van der Waals surface area (Å²) in [5.74, 6) is 5.95. The minimum atomic E-state index is -4.55. The molecule has 0 spiro atoms. The second kappa shape index (κ2) is 14.8. The van der Waals surface area contributed by atoms with Crippen LogP contribution in [0.25, 0.3) is 0 Å². The Morgan fingerprint density at radius 2 is 1.72 bits per heavy atom. The van der Waals surface area contributed by atoms with Gasteiger partial charge in [-0.05, 0) is 63.5 Å². The fourth-order valence-electron chi connectivity index (χ4n) is 4.98. The zero-order chi connectivity index (χ0) is 33.6. The van der Waals surface area contributed by atoms with Gasteiger partial charge in [0.2, 0.25) is 5.95 Å². The summed E-state index contributed by atoms with van der Waals surface area (Å²) in [6.07, 6.45) is 2.22. The maximum atomic E-state index is 14.0. The Kier molecular flexibility index (Phi) is 10.6. The molecule has 0 saturated carbocycles. The first kappa shape index (κ1) is 33.6. The van der Waals surface area contributed by atoms with Gasteiger partial charge >= 0.3 is 6.18 Å². The Labute approximate surface area is 272 Å². The standard InChI is InChI=1S/C34H38F3N9O/c1-24-5-7-27(32(47)41-29-10-9-28(31(18-29)34(35,36)37)22-45-14-12-44(4)13-15-45)17-26(24)8-6-25-19-38-33(39-20-25)42-30-21-40-46(23-30)16-11-43(2)3/h5,7,9-10,17-21,23H,11-16,22H2,1-4H3,(H,41,47)(H,38,39,42). The fourth-order valence-corrected chi connectivity index (χ4v) is 4.98. The van der Waals surface area contributed by atoms with E-state index in [0.717, 1.165) is 43.5 Å². The van der Waals surface area contributed by atoms with Crippen LogP contribution in [-0.4, -0.2) is 94.2 Å². The highest BCUT2D eigenvalue weighted by molar-refractivity contribution is 6.04. The molecule has 1 aliphatic rings. The molecule has 1 fully saturated rings. The van der Waals surface area contributed by atoms with Crippen LogP contribution in [0.15, 0.2) is 61.2 Å². The number of carbonyl (C=O) groups is 1. The van der Waals surface area contributed by atoms with E-state index in [-0.39, 0.29) is 23.4 Å². The summed E-state index contributed by atoms with van der Waals surface area (Å²) in [6, 6.07) is 8.97. The predicted octanol–water partition coefficient (Wildman–Crippen LogP) is 4.71. The summed E-state index contributed by atoms with van der Waals surface area (Å²) >= 11 is 0. The third-order valence-electron chi connectivity index (χ3n) is 7.82. The van der Waals surface area contributed by atoms with Gasteiger partial charge in [0.1, 0.15) is 0 Å². The Bertz CT molecular complexity index is 1750. The molecule has 2 aromatic carbocycles. The number of alkyl halides is 3. The van der Waals surface area contributed by atoms with Gasteiger partial charge in [-0.3, -0.25) is 14.4 Å². The van der Waals surface area contributed by atoms with Crippen LogP contribution >= 0.6 is 0 Å². The zero-order valence-electron chi connectivity index (χ0n) is 26.9. The summed E-state index contributed by atoms with van der Waals surface area (Å²) in [5, 5.41) is 10.1. The molecule has 3 heterocycles. The number of piperazine rings is 1. The topological polar surface area (TPSA) is 94.5 Å². The van der Waals surface area contributed by atoms with E-state index in [1.807, 2.05) is 43.8 Å². The number of rotatable bonds is 9. The molecule has 5 rings (SSSR count). The largest absolute Gasteiger partial charge is 0.416 e. The molecule has 1 aliphatic heterocycles. The van der Waals surface area contributed by atoms with E-state index in [0.29, 0.717) is 30.2 Å². The zero-order valence-corrected chi connectivity index (χ0v) is 26.9. The molecule has 0 radical (unpaired) electrons. The minimum absolute atomic E-state index is 0.0735. The van der Waals surface area contributed by atoms with E-state index in [2.05, 4.69) is 47.3 Å². The summed E-state index contributed by atoms with van der Waals surface area (Å²) in [4.78, 5) is 28.0. The monoisotopic (exact) mass is 645 g/mol. The summed E-state index contributed by atoms with van der Waals surface area (Å²) in [7, 11) is 6.01. The number of nitrogens with zero attached hydrogens (tertiary/aromatic N) is 7. The number of likely N-dealkylation sites (N-methyl/N-ethyl adjacent to an activating group) is 2. The smallest absolute Gasteiger partial charge is 0.322 e. The van der Waals surface area contributed by atoms with Crippen molar-refractivity contribution in [2.24, 2.45) is 0 Å². The van der Waals surface area contributed by atoms with Crippen molar-refractivity contribution in [3.63, 3.8) is 0 Å².